The summed E-state index contributed by atoms with van der Waals surface area (Å²) >= 11 is 0. The van der Waals surface area contributed by atoms with Crippen LogP contribution in [-0.2, 0) is 0 Å². The third-order valence-electron chi connectivity index (χ3n) is 4.81. The maximum absolute atomic E-state index is 3.63. The molecule has 0 spiro atoms. The summed E-state index contributed by atoms with van der Waals surface area (Å²) in [7, 11) is 0. The van der Waals surface area contributed by atoms with Crippen molar-refractivity contribution in [1.29, 1.82) is 0 Å². The van der Waals surface area contributed by atoms with Gasteiger partial charge in [-0.1, -0.05) is 19.3 Å². The number of likely N-dealkylation sites (tertiary alicyclic amines) is 1. The summed E-state index contributed by atoms with van der Waals surface area (Å²) in [6.07, 6.45) is 10.4. The molecule has 0 aromatic carbocycles. The number of nitrogens with one attached hydrogen (secondary N) is 1. The second-order valence-corrected chi connectivity index (χ2v) is 6.12. The second kappa shape index (κ2) is 5.05. The van der Waals surface area contributed by atoms with E-state index in [9.17, 15) is 0 Å². The molecule has 2 saturated carbocycles. The van der Waals surface area contributed by atoms with E-state index in [1.165, 1.54) is 71.1 Å². The fourth-order valence-corrected chi connectivity index (χ4v) is 3.59. The predicted molar refractivity (Wildman–Crippen MR) is 67.5 cm³/mol. The van der Waals surface area contributed by atoms with Gasteiger partial charge in [0, 0.05) is 25.7 Å². The summed E-state index contributed by atoms with van der Waals surface area (Å²) in [6.45, 7) is 5.28. The van der Waals surface area contributed by atoms with Gasteiger partial charge in [0.25, 0.3) is 0 Å². The fourth-order valence-electron chi connectivity index (χ4n) is 3.59. The highest BCUT2D eigenvalue weighted by Crippen LogP contribution is 2.35. The minimum atomic E-state index is 0.882. The standard InChI is InChI=1S/C14H26N2/c1-2-4-13-11-16(9-7-12(13)3-1)10-8-15-14-5-6-14/h12-15H,1-11H2. The van der Waals surface area contributed by atoms with Crippen LogP contribution >= 0.6 is 0 Å². The molecule has 16 heavy (non-hydrogen) atoms. The molecular formula is C14H26N2. The van der Waals surface area contributed by atoms with E-state index in [1.807, 2.05) is 0 Å². The Labute approximate surface area is 99.8 Å². The minimum absolute atomic E-state index is 0.882. The summed E-state index contributed by atoms with van der Waals surface area (Å²) in [6, 6.07) is 0.882. The first-order valence-corrected chi connectivity index (χ1v) is 7.37. The molecule has 3 aliphatic rings. The van der Waals surface area contributed by atoms with Crippen molar-refractivity contribution in [3.05, 3.63) is 0 Å². The number of fused-ring (bicyclic) bond motifs is 1. The smallest absolute Gasteiger partial charge is 0.0107 e. The van der Waals surface area contributed by atoms with E-state index in [-0.39, 0.29) is 0 Å². The van der Waals surface area contributed by atoms with Gasteiger partial charge in [-0.2, -0.15) is 0 Å². The van der Waals surface area contributed by atoms with Crippen molar-refractivity contribution in [2.75, 3.05) is 26.2 Å². The molecule has 0 amide bonds. The van der Waals surface area contributed by atoms with E-state index in [2.05, 4.69) is 10.2 Å². The molecule has 3 rings (SSSR count). The van der Waals surface area contributed by atoms with Gasteiger partial charge in [-0.15, -0.1) is 0 Å². The van der Waals surface area contributed by atoms with Gasteiger partial charge in [-0.05, 0) is 44.1 Å². The van der Waals surface area contributed by atoms with Crippen molar-refractivity contribution >= 4 is 0 Å². The molecule has 0 bridgehead atoms. The summed E-state index contributed by atoms with van der Waals surface area (Å²) in [5, 5.41) is 3.63. The van der Waals surface area contributed by atoms with Crippen LogP contribution in [0.5, 0.6) is 0 Å². The summed E-state index contributed by atoms with van der Waals surface area (Å²) in [5.74, 6) is 2.13. The Hall–Kier alpha value is -0.0800. The monoisotopic (exact) mass is 222 g/mol. The molecule has 0 aromatic rings. The van der Waals surface area contributed by atoms with Crippen LogP contribution in [0.25, 0.3) is 0 Å². The van der Waals surface area contributed by atoms with Crippen molar-refractivity contribution in [1.82, 2.24) is 10.2 Å². The molecule has 2 nitrogen and oxygen atoms in total. The maximum Gasteiger partial charge on any atom is 0.0107 e. The molecule has 1 heterocycles. The lowest BCUT2D eigenvalue weighted by Crippen LogP contribution is -2.44. The Bertz CT molecular complexity index is 225. The van der Waals surface area contributed by atoms with Crippen LogP contribution < -0.4 is 5.32 Å². The number of hydrogen-bond acceptors (Lipinski definition) is 2. The number of rotatable bonds is 4. The van der Waals surface area contributed by atoms with Crippen LogP contribution in [0.15, 0.2) is 0 Å². The average Bonchev–Trinajstić information content (AvgIpc) is 3.13. The lowest BCUT2D eigenvalue weighted by atomic mass is 9.75. The fraction of sp³-hybridized carbons (Fsp3) is 1.00. The van der Waals surface area contributed by atoms with Crippen LogP contribution in [0.1, 0.15) is 44.9 Å². The van der Waals surface area contributed by atoms with Gasteiger partial charge in [0.15, 0.2) is 0 Å². The largest absolute Gasteiger partial charge is 0.313 e. The van der Waals surface area contributed by atoms with Crippen molar-refractivity contribution in [3.8, 4) is 0 Å². The van der Waals surface area contributed by atoms with Gasteiger partial charge >= 0.3 is 0 Å². The molecule has 3 fully saturated rings. The normalized spacial score (nSPS) is 36.0. The second-order valence-electron chi connectivity index (χ2n) is 6.12. The Balaban J connectivity index is 1.39. The predicted octanol–water partition coefficient (Wildman–Crippen LogP) is 2.25. The van der Waals surface area contributed by atoms with Gasteiger partial charge < -0.3 is 10.2 Å². The van der Waals surface area contributed by atoms with E-state index in [4.69, 9.17) is 0 Å². The average molecular weight is 222 g/mol. The number of nitrogens with zero attached hydrogens (tertiary/aromatic N) is 1. The zero-order chi connectivity index (χ0) is 10.8. The van der Waals surface area contributed by atoms with Crippen LogP contribution in [0.4, 0.5) is 0 Å². The lowest BCUT2D eigenvalue weighted by Gasteiger charge is -2.41. The Morgan fingerprint density at radius 1 is 0.938 bits per heavy atom. The molecule has 92 valence electrons. The van der Waals surface area contributed by atoms with E-state index in [0.29, 0.717) is 0 Å². The van der Waals surface area contributed by atoms with Crippen molar-refractivity contribution in [3.63, 3.8) is 0 Å². The summed E-state index contributed by atoms with van der Waals surface area (Å²) < 4.78 is 0. The lowest BCUT2D eigenvalue weighted by molar-refractivity contribution is 0.0875. The van der Waals surface area contributed by atoms with E-state index < -0.39 is 0 Å². The van der Waals surface area contributed by atoms with Gasteiger partial charge in [0.1, 0.15) is 0 Å². The Morgan fingerprint density at radius 3 is 2.56 bits per heavy atom. The number of piperidine rings is 1. The van der Waals surface area contributed by atoms with Gasteiger partial charge in [-0.25, -0.2) is 0 Å². The van der Waals surface area contributed by atoms with Gasteiger partial charge in [0.2, 0.25) is 0 Å². The molecule has 2 unspecified atom stereocenters. The van der Waals surface area contributed by atoms with E-state index in [1.54, 1.807) is 0 Å². The first-order valence-electron chi connectivity index (χ1n) is 7.37. The maximum atomic E-state index is 3.63. The highest BCUT2D eigenvalue weighted by Gasteiger charge is 2.30. The van der Waals surface area contributed by atoms with E-state index >= 15 is 0 Å². The molecule has 2 heteroatoms. The third-order valence-corrected chi connectivity index (χ3v) is 4.81. The molecule has 0 radical (unpaired) electrons. The molecule has 1 aliphatic heterocycles. The van der Waals surface area contributed by atoms with E-state index in [0.717, 1.165) is 17.9 Å². The third kappa shape index (κ3) is 2.78. The quantitative estimate of drug-likeness (QED) is 0.785. The van der Waals surface area contributed by atoms with Gasteiger partial charge in [0.05, 0.1) is 0 Å². The van der Waals surface area contributed by atoms with Crippen LogP contribution in [-0.4, -0.2) is 37.1 Å². The zero-order valence-electron chi connectivity index (χ0n) is 10.5. The summed E-state index contributed by atoms with van der Waals surface area (Å²) in [5.41, 5.74) is 0. The molecule has 2 aliphatic carbocycles. The zero-order valence-corrected chi connectivity index (χ0v) is 10.5. The van der Waals surface area contributed by atoms with Crippen molar-refractivity contribution in [2.24, 2.45) is 11.8 Å². The molecule has 1 N–H and O–H groups in total. The summed E-state index contributed by atoms with van der Waals surface area (Å²) in [4.78, 5) is 2.71. The van der Waals surface area contributed by atoms with Crippen LogP contribution in [0.3, 0.4) is 0 Å². The minimum Gasteiger partial charge on any atom is -0.313 e. The highest BCUT2D eigenvalue weighted by atomic mass is 15.2. The molecular weight excluding hydrogens is 196 g/mol. The Kier molecular flexibility index (Phi) is 3.49. The molecule has 0 aromatic heterocycles. The van der Waals surface area contributed by atoms with Crippen LogP contribution in [0.2, 0.25) is 0 Å². The van der Waals surface area contributed by atoms with Crippen LogP contribution in [0, 0.1) is 11.8 Å². The van der Waals surface area contributed by atoms with Crippen molar-refractivity contribution in [2.45, 2.75) is 51.0 Å². The molecule has 1 saturated heterocycles. The first kappa shape index (κ1) is 11.0. The first-order chi connectivity index (χ1) is 7.92. The van der Waals surface area contributed by atoms with Gasteiger partial charge in [-0.3, -0.25) is 0 Å². The van der Waals surface area contributed by atoms with Crippen molar-refractivity contribution < 1.29 is 0 Å². The highest BCUT2D eigenvalue weighted by molar-refractivity contribution is 4.85. The number of hydrogen-bond donors (Lipinski definition) is 1. The SMILES string of the molecule is C1CCC2CN(CCNC3CC3)CCC2C1. The Morgan fingerprint density at radius 2 is 1.75 bits per heavy atom. The topological polar surface area (TPSA) is 15.3 Å². The molecule has 2 atom stereocenters.